The van der Waals surface area contributed by atoms with Crippen molar-refractivity contribution in [1.29, 1.82) is 0 Å². The Balaban J connectivity index is 1.46. The first-order chi connectivity index (χ1) is 11.3. The summed E-state index contributed by atoms with van der Waals surface area (Å²) >= 11 is 0. The summed E-state index contributed by atoms with van der Waals surface area (Å²) in [5.74, 6) is -0.0990. The number of hydrogen-bond donors (Lipinski definition) is 3. The summed E-state index contributed by atoms with van der Waals surface area (Å²) < 4.78 is 0. The van der Waals surface area contributed by atoms with Crippen LogP contribution in [0.4, 0.5) is 0 Å². The van der Waals surface area contributed by atoms with Gasteiger partial charge in [0.2, 0.25) is 0 Å². The molecule has 0 spiro atoms. The molecule has 23 heavy (non-hydrogen) atoms. The van der Waals surface area contributed by atoms with Crippen molar-refractivity contribution in [2.45, 2.75) is 38.5 Å². The maximum Gasteiger partial charge on any atom is 0.157 e. The van der Waals surface area contributed by atoms with Gasteiger partial charge in [-0.05, 0) is 62.0 Å². The van der Waals surface area contributed by atoms with Gasteiger partial charge in [0.1, 0.15) is 0 Å². The fraction of sp³-hybridized carbons (Fsp3) is 0.400. The van der Waals surface area contributed by atoms with E-state index >= 15 is 0 Å². The summed E-state index contributed by atoms with van der Waals surface area (Å²) in [5.41, 5.74) is 2.47. The molecule has 0 aliphatic heterocycles. The Morgan fingerprint density at radius 1 is 0.652 bits per heavy atom. The number of hydrogen-bond acceptors (Lipinski definition) is 3. The third-order valence-corrected chi connectivity index (χ3v) is 4.04. The van der Waals surface area contributed by atoms with Gasteiger partial charge in [-0.3, -0.25) is 0 Å². The molecule has 0 saturated heterocycles. The van der Waals surface area contributed by atoms with E-state index in [2.05, 4.69) is 35.6 Å². The van der Waals surface area contributed by atoms with Crippen LogP contribution >= 0.6 is 0 Å². The zero-order chi connectivity index (χ0) is 16.3. The zero-order valence-electron chi connectivity index (χ0n) is 13.7. The Morgan fingerprint density at radius 3 is 2.22 bits per heavy atom. The predicted molar refractivity (Wildman–Crippen MR) is 95.0 cm³/mol. The molecule has 0 bridgehead atoms. The van der Waals surface area contributed by atoms with Crippen LogP contribution in [-0.2, 0) is 12.8 Å². The highest BCUT2D eigenvalue weighted by molar-refractivity contribution is 5.40. The van der Waals surface area contributed by atoms with E-state index in [9.17, 15) is 10.2 Å². The molecule has 0 amide bonds. The van der Waals surface area contributed by atoms with E-state index in [1.807, 2.05) is 6.07 Å². The van der Waals surface area contributed by atoms with E-state index < -0.39 is 0 Å². The lowest BCUT2D eigenvalue weighted by molar-refractivity contribution is 0.403. The molecule has 0 aliphatic rings. The fourth-order valence-corrected chi connectivity index (χ4v) is 2.66. The molecular formula is C20H27NO2. The van der Waals surface area contributed by atoms with Crippen molar-refractivity contribution in [2.24, 2.45) is 0 Å². The van der Waals surface area contributed by atoms with E-state index in [0.29, 0.717) is 0 Å². The van der Waals surface area contributed by atoms with Crippen LogP contribution in [0.15, 0.2) is 48.5 Å². The number of aromatic hydroxyl groups is 2. The molecule has 2 aromatic rings. The SMILES string of the molecule is Oc1ccc(CCNCCCCCCc2ccccc2)cc1O. The molecule has 0 fully saturated rings. The van der Waals surface area contributed by atoms with Crippen molar-refractivity contribution in [3.63, 3.8) is 0 Å². The second-order valence-electron chi connectivity index (χ2n) is 5.97. The molecule has 0 aliphatic carbocycles. The van der Waals surface area contributed by atoms with E-state index in [1.54, 1.807) is 6.07 Å². The maximum atomic E-state index is 9.44. The largest absolute Gasteiger partial charge is 0.504 e. The summed E-state index contributed by atoms with van der Waals surface area (Å²) in [6.45, 7) is 1.93. The van der Waals surface area contributed by atoms with Crippen LogP contribution in [0.1, 0.15) is 36.8 Å². The van der Waals surface area contributed by atoms with Gasteiger partial charge in [0.05, 0.1) is 0 Å². The number of phenols is 2. The van der Waals surface area contributed by atoms with Gasteiger partial charge < -0.3 is 15.5 Å². The van der Waals surface area contributed by atoms with Crippen molar-refractivity contribution in [1.82, 2.24) is 5.32 Å². The Hall–Kier alpha value is -2.00. The number of phenolic OH excluding ortho intramolecular Hbond substituents is 2. The van der Waals surface area contributed by atoms with Gasteiger partial charge in [-0.2, -0.15) is 0 Å². The van der Waals surface area contributed by atoms with Gasteiger partial charge >= 0.3 is 0 Å². The molecule has 3 heteroatoms. The summed E-state index contributed by atoms with van der Waals surface area (Å²) in [6, 6.07) is 15.7. The monoisotopic (exact) mass is 313 g/mol. The number of rotatable bonds is 10. The first-order valence-corrected chi connectivity index (χ1v) is 8.51. The Labute approximate surface area is 139 Å². The topological polar surface area (TPSA) is 52.5 Å². The average molecular weight is 313 g/mol. The van der Waals surface area contributed by atoms with Crippen molar-refractivity contribution in [3.8, 4) is 11.5 Å². The second kappa shape index (κ2) is 9.90. The molecule has 124 valence electrons. The fourth-order valence-electron chi connectivity index (χ4n) is 2.66. The maximum absolute atomic E-state index is 9.44. The summed E-state index contributed by atoms with van der Waals surface area (Å²) in [7, 11) is 0. The zero-order valence-corrected chi connectivity index (χ0v) is 13.7. The lowest BCUT2D eigenvalue weighted by atomic mass is 10.1. The predicted octanol–water partition coefficient (Wildman–Crippen LogP) is 4.03. The second-order valence-corrected chi connectivity index (χ2v) is 5.97. The first kappa shape index (κ1) is 17.4. The Kier molecular flexibility index (Phi) is 7.47. The van der Waals surface area contributed by atoms with E-state index in [0.717, 1.165) is 25.1 Å². The Morgan fingerprint density at radius 2 is 1.43 bits per heavy atom. The highest BCUT2D eigenvalue weighted by Crippen LogP contribution is 2.24. The quantitative estimate of drug-likeness (QED) is 0.458. The van der Waals surface area contributed by atoms with Gasteiger partial charge in [-0.15, -0.1) is 0 Å². The highest BCUT2D eigenvalue weighted by atomic mass is 16.3. The lowest BCUT2D eigenvalue weighted by Crippen LogP contribution is -2.18. The lowest BCUT2D eigenvalue weighted by Gasteiger charge is -2.06. The standard InChI is InChI=1S/C20H27NO2/c22-19-12-11-18(16-20(19)23)13-15-21-14-7-2-1-4-8-17-9-5-3-6-10-17/h3,5-6,9-12,16,21-23H,1-2,4,7-8,13-15H2. The number of unbranched alkanes of at least 4 members (excludes halogenated alkanes) is 3. The minimum atomic E-state index is -0.0581. The van der Waals surface area contributed by atoms with Crippen LogP contribution < -0.4 is 5.32 Å². The van der Waals surface area contributed by atoms with E-state index in [4.69, 9.17) is 0 Å². The third-order valence-electron chi connectivity index (χ3n) is 4.04. The molecule has 3 N–H and O–H groups in total. The minimum Gasteiger partial charge on any atom is -0.504 e. The minimum absolute atomic E-state index is 0.0408. The number of benzene rings is 2. The summed E-state index contributed by atoms with van der Waals surface area (Å²) in [6.07, 6.45) is 7.05. The highest BCUT2D eigenvalue weighted by Gasteiger charge is 2.00. The van der Waals surface area contributed by atoms with Gasteiger partial charge in [0.25, 0.3) is 0 Å². The van der Waals surface area contributed by atoms with E-state index in [1.165, 1.54) is 43.7 Å². The van der Waals surface area contributed by atoms with Crippen molar-refractivity contribution < 1.29 is 10.2 Å². The van der Waals surface area contributed by atoms with Crippen molar-refractivity contribution in [2.75, 3.05) is 13.1 Å². The Bertz CT molecular complexity index is 569. The molecule has 0 atom stereocenters. The van der Waals surface area contributed by atoms with Crippen LogP contribution in [0.2, 0.25) is 0 Å². The molecule has 0 unspecified atom stereocenters. The average Bonchev–Trinajstić information content (AvgIpc) is 2.57. The van der Waals surface area contributed by atoms with Crippen LogP contribution in [0, 0.1) is 0 Å². The van der Waals surface area contributed by atoms with Crippen molar-refractivity contribution >= 4 is 0 Å². The molecular weight excluding hydrogens is 286 g/mol. The van der Waals surface area contributed by atoms with Gasteiger partial charge in [0.15, 0.2) is 11.5 Å². The van der Waals surface area contributed by atoms with Gasteiger partial charge in [0, 0.05) is 0 Å². The third kappa shape index (κ3) is 6.74. The smallest absolute Gasteiger partial charge is 0.157 e. The van der Waals surface area contributed by atoms with E-state index in [-0.39, 0.29) is 11.5 Å². The molecule has 0 heterocycles. The molecule has 0 saturated carbocycles. The van der Waals surface area contributed by atoms with Gasteiger partial charge in [-0.1, -0.05) is 49.2 Å². The molecule has 3 nitrogen and oxygen atoms in total. The molecule has 0 radical (unpaired) electrons. The van der Waals surface area contributed by atoms with Crippen LogP contribution in [0.3, 0.4) is 0 Å². The van der Waals surface area contributed by atoms with Crippen LogP contribution in [0.5, 0.6) is 11.5 Å². The summed E-state index contributed by atoms with van der Waals surface area (Å²) in [4.78, 5) is 0. The van der Waals surface area contributed by atoms with Gasteiger partial charge in [-0.25, -0.2) is 0 Å². The summed E-state index contributed by atoms with van der Waals surface area (Å²) in [5, 5.41) is 22.1. The van der Waals surface area contributed by atoms with Crippen LogP contribution in [0.25, 0.3) is 0 Å². The molecule has 2 rings (SSSR count). The normalized spacial score (nSPS) is 10.8. The number of nitrogens with one attached hydrogen (secondary N) is 1. The van der Waals surface area contributed by atoms with Crippen molar-refractivity contribution in [3.05, 3.63) is 59.7 Å². The molecule has 0 aromatic heterocycles. The molecule has 2 aromatic carbocycles. The first-order valence-electron chi connectivity index (χ1n) is 8.51. The van der Waals surface area contributed by atoms with Crippen LogP contribution in [-0.4, -0.2) is 23.3 Å². The number of aryl methyl sites for hydroxylation is 1.